The van der Waals surface area contributed by atoms with Crippen molar-refractivity contribution in [3.63, 3.8) is 0 Å². The molecule has 1 heterocycles. The summed E-state index contributed by atoms with van der Waals surface area (Å²) in [4.78, 5) is 4.18. The van der Waals surface area contributed by atoms with Crippen LogP contribution in [0.25, 0.3) is 0 Å². The second-order valence-electron chi connectivity index (χ2n) is 4.86. The van der Waals surface area contributed by atoms with Crippen LogP contribution in [0.2, 0.25) is 0 Å². The SMILES string of the molecule is C[C@@H](NC1CCCCCC1)c1cccnc1. The molecule has 2 nitrogen and oxygen atoms in total. The second kappa shape index (κ2) is 6.00. The molecule has 88 valence electrons. The maximum Gasteiger partial charge on any atom is 0.0315 e. The first-order valence-electron chi connectivity index (χ1n) is 6.52. The predicted molar refractivity (Wildman–Crippen MR) is 67.3 cm³/mol. The lowest BCUT2D eigenvalue weighted by Crippen LogP contribution is -2.31. The van der Waals surface area contributed by atoms with Gasteiger partial charge in [0.2, 0.25) is 0 Å². The van der Waals surface area contributed by atoms with Crippen molar-refractivity contribution in [3.05, 3.63) is 30.1 Å². The maximum absolute atomic E-state index is 4.18. The molecule has 1 aliphatic carbocycles. The molecule has 1 saturated carbocycles. The normalized spacial score (nSPS) is 20.3. The van der Waals surface area contributed by atoms with Crippen LogP contribution in [0, 0.1) is 0 Å². The molecule has 0 unspecified atom stereocenters. The minimum atomic E-state index is 0.428. The van der Waals surface area contributed by atoms with Crippen LogP contribution in [0.5, 0.6) is 0 Å². The average Bonchev–Trinajstić information content (AvgIpc) is 2.59. The van der Waals surface area contributed by atoms with Gasteiger partial charge in [-0.2, -0.15) is 0 Å². The molecular weight excluding hydrogens is 196 g/mol. The fourth-order valence-corrected chi connectivity index (χ4v) is 2.53. The van der Waals surface area contributed by atoms with Crippen LogP contribution in [-0.4, -0.2) is 11.0 Å². The molecule has 0 spiro atoms. The zero-order chi connectivity index (χ0) is 11.2. The highest BCUT2D eigenvalue weighted by Crippen LogP contribution is 2.20. The van der Waals surface area contributed by atoms with E-state index in [9.17, 15) is 0 Å². The van der Waals surface area contributed by atoms with Gasteiger partial charge in [-0.15, -0.1) is 0 Å². The minimum Gasteiger partial charge on any atom is -0.307 e. The van der Waals surface area contributed by atoms with Crippen LogP contribution in [0.15, 0.2) is 24.5 Å². The molecule has 1 aromatic heterocycles. The van der Waals surface area contributed by atoms with E-state index in [1.54, 1.807) is 0 Å². The minimum absolute atomic E-state index is 0.428. The number of aromatic nitrogens is 1. The maximum atomic E-state index is 4.18. The van der Waals surface area contributed by atoms with E-state index in [4.69, 9.17) is 0 Å². The molecule has 2 rings (SSSR count). The van der Waals surface area contributed by atoms with Crippen LogP contribution in [0.4, 0.5) is 0 Å². The Hall–Kier alpha value is -0.890. The Bertz CT molecular complexity index is 289. The summed E-state index contributed by atoms with van der Waals surface area (Å²) in [6.07, 6.45) is 12.1. The highest BCUT2D eigenvalue weighted by Gasteiger charge is 2.15. The van der Waals surface area contributed by atoms with E-state index in [1.165, 1.54) is 44.1 Å². The number of rotatable bonds is 3. The molecule has 1 fully saturated rings. The lowest BCUT2D eigenvalue weighted by molar-refractivity contribution is 0.414. The van der Waals surface area contributed by atoms with Gasteiger partial charge in [0.15, 0.2) is 0 Å². The molecular formula is C14H22N2. The van der Waals surface area contributed by atoms with Gasteiger partial charge < -0.3 is 5.32 Å². The van der Waals surface area contributed by atoms with E-state index >= 15 is 0 Å². The number of hydrogen-bond donors (Lipinski definition) is 1. The summed E-state index contributed by atoms with van der Waals surface area (Å²) in [5.41, 5.74) is 1.30. The number of pyridine rings is 1. The molecule has 0 aromatic carbocycles. The molecule has 1 aromatic rings. The van der Waals surface area contributed by atoms with Gasteiger partial charge in [0, 0.05) is 24.5 Å². The summed E-state index contributed by atoms with van der Waals surface area (Å²) in [5.74, 6) is 0. The van der Waals surface area contributed by atoms with Gasteiger partial charge in [-0.05, 0) is 31.4 Å². The summed E-state index contributed by atoms with van der Waals surface area (Å²) in [6.45, 7) is 2.24. The van der Waals surface area contributed by atoms with Crippen molar-refractivity contribution in [3.8, 4) is 0 Å². The molecule has 1 N–H and O–H groups in total. The van der Waals surface area contributed by atoms with Crippen molar-refractivity contribution in [2.45, 2.75) is 57.5 Å². The Labute approximate surface area is 98.5 Å². The van der Waals surface area contributed by atoms with Crippen LogP contribution < -0.4 is 5.32 Å². The Kier molecular flexibility index (Phi) is 4.34. The summed E-state index contributed by atoms with van der Waals surface area (Å²) in [5, 5.41) is 3.74. The molecule has 0 saturated heterocycles. The zero-order valence-corrected chi connectivity index (χ0v) is 10.2. The summed E-state index contributed by atoms with van der Waals surface area (Å²) >= 11 is 0. The van der Waals surface area contributed by atoms with Crippen molar-refractivity contribution in [1.29, 1.82) is 0 Å². The summed E-state index contributed by atoms with van der Waals surface area (Å²) < 4.78 is 0. The van der Waals surface area contributed by atoms with Gasteiger partial charge in [0.25, 0.3) is 0 Å². The smallest absolute Gasteiger partial charge is 0.0315 e. The third kappa shape index (κ3) is 3.31. The Morgan fingerprint density at radius 1 is 1.25 bits per heavy atom. The second-order valence-corrected chi connectivity index (χ2v) is 4.86. The molecule has 2 heteroatoms. The molecule has 0 bridgehead atoms. The van der Waals surface area contributed by atoms with E-state index in [0.29, 0.717) is 12.1 Å². The fraction of sp³-hybridized carbons (Fsp3) is 0.643. The van der Waals surface area contributed by atoms with Gasteiger partial charge in [0.05, 0.1) is 0 Å². The van der Waals surface area contributed by atoms with E-state index in [1.807, 2.05) is 18.5 Å². The monoisotopic (exact) mass is 218 g/mol. The largest absolute Gasteiger partial charge is 0.307 e. The molecule has 0 aliphatic heterocycles. The van der Waals surface area contributed by atoms with Crippen LogP contribution in [-0.2, 0) is 0 Å². The molecule has 0 radical (unpaired) electrons. The Morgan fingerprint density at radius 3 is 2.62 bits per heavy atom. The lowest BCUT2D eigenvalue weighted by atomic mass is 10.1. The number of nitrogens with zero attached hydrogens (tertiary/aromatic N) is 1. The molecule has 1 aliphatic rings. The average molecular weight is 218 g/mol. The van der Waals surface area contributed by atoms with Crippen LogP contribution >= 0.6 is 0 Å². The van der Waals surface area contributed by atoms with Gasteiger partial charge in [-0.1, -0.05) is 31.7 Å². The highest BCUT2D eigenvalue weighted by atomic mass is 14.9. The van der Waals surface area contributed by atoms with Crippen molar-refractivity contribution in [2.75, 3.05) is 0 Å². The first-order valence-corrected chi connectivity index (χ1v) is 6.52. The molecule has 16 heavy (non-hydrogen) atoms. The van der Waals surface area contributed by atoms with Gasteiger partial charge in [-0.3, -0.25) is 4.98 Å². The summed E-state index contributed by atoms with van der Waals surface area (Å²) in [7, 11) is 0. The van der Waals surface area contributed by atoms with E-state index in [2.05, 4.69) is 23.3 Å². The highest BCUT2D eigenvalue weighted by molar-refractivity contribution is 5.12. The fourth-order valence-electron chi connectivity index (χ4n) is 2.53. The van der Waals surface area contributed by atoms with Crippen molar-refractivity contribution < 1.29 is 0 Å². The zero-order valence-electron chi connectivity index (χ0n) is 10.2. The van der Waals surface area contributed by atoms with Crippen molar-refractivity contribution >= 4 is 0 Å². The van der Waals surface area contributed by atoms with Crippen molar-refractivity contribution in [1.82, 2.24) is 10.3 Å². The van der Waals surface area contributed by atoms with Gasteiger partial charge in [-0.25, -0.2) is 0 Å². The third-order valence-electron chi connectivity index (χ3n) is 3.53. The van der Waals surface area contributed by atoms with E-state index < -0.39 is 0 Å². The third-order valence-corrected chi connectivity index (χ3v) is 3.53. The standard InChI is InChI=1S/C14H22N2/c1-12(13-7-6-10-15-11-13)16-14-8-4-2-3-5-9-14/h6-7,10-12,14,16H,2-5,8-9H2,1H3/t12-/m1/s1. The lowest BCUT2D eigenvalue weighted by Gasteiger charge is -2.22. The topological polar surface area (TPSA) is 24.9 Å². The van der Waals surface area contributed by atoms with Gasteiger partial charge in [0.1, 0.15) is 0 Å². The quantitative estimate of drug-likeness (QED) is 0.786. The van der Waals surface area contributed by atoms with E-state index in [-0.39, 0.29) is 0 Å². The van der Waals surface area contributed by atoms with Crippen molar-refractivity contribution in [2.24, 2.45) is 0 Å². The van der Waals surface area contributed by atoms with E-state index in [0.717, 1.165) is 0 Å². The Balaban J connectivity index is 1.88. The number of nitrogens with one attached hydrogen (secondary N) is 1. The number of hydrogen-bond acceptors (Lipinski definition) is 2. The molecule has 1 atom stereocenters. The van der Waals surface area contributed by atoms with Crippen LogP contribution in [0.1, 0.15) is 57.1 Å². The molecule has 0 amide bonds. The first-order chi connectivity index (χ1) is 7.86. The Morgan fingerprint density at radius 2 is 2.00 bits per heavy atom. The summed E-state index contributed by atoms with van der Waals surface area (Å²) in [6, 6.07) is 5.30. The first kappa shape index (κ1) is 11.6. The van der Waals surface area contributed by atoms with Crippen LogP contribution in [0.3, 0.4) is 0 Å². The van der Waals surface area contributed by atoms with Gasteiger partial charge >= 0.3 is 0 Å². The predicted octanol–water partition coefficient (Wildman–Crippen LogP) is 3.46.